The Bertz CT molecular complexity index is 535. The molecule has 1 aliphatic rings. The lowest BCUT2D eigenvalue weighted by Crippen LogP contribution is -2.31. The van der Waals surface area contributed by atoms with Crippen LogP contribution in [0.25, 0.3) is 10.8 Å². The molecule has 0 spiro atoms. The van der Waals surface area contributed by atoms with Crippen LogP contribution in [0.2, 0.25) is 0 Å². The van der Waals surface area contributed by atoms with E-state index in [4.69, 9.17) is 0 Å². The maximum atomic E-state index is 3.52. The molecule has 0 unspecified atom stereocenters. The minimum absolute atomic E-state index is 0.828. The van der Waals surface area contributed by atoms with Gasteiger partial charge < -0.3 is 5.32 Å². The minimum atomic E-state index is 0.828. The van der Waals surface area contributed by atoms with Crippen molar-refractivity contribution < 1.29 is 0 Å². The quantitative estimate of drug-likeness (QED) is 0.815. The lowest BCUT2D eigenvalue weighted by molar-refractivity contribution is 0.376. The van der Waals surface area contributed by atoms with Crippen molar-refractivity contribution >= 4 is 22.7 Å². The second kappa shape index (κ2) is 9.08. The van der Waals surface area contributed by atoms with Crippen molar-refractivity contribution in [1.29, 1.82) is 0 Å². The summed E-state index contributed by atoms with van der Waals surface area (Å²) in [7, 11) is 0. The highest BCUT2D eigenvalue weighted by Gasteiger charge is 2.12. The molecule has 3 rings (SSSR count). The van der Waals surface area contributed by atoms with E-state index >= 15 is 0 Å². The van der Waals surface area contributed by atoms with Crippen molar-refractivity contribution in [1.82, 2.24) is 10.0 Å². The van der Waals surface area contributed by atoms with E-state index in [9.17, 15) is 0 Å². The first kappa shape index (κ1) is 16.3. The third-order valence-corrected chi connectivity index (χ3v) is 4.54. The van der Waals surface area contributed by atoms with Crippen LogP contribution in [0.4, 0.5) is 0 Å². The normalized spacial score (nSPS) is 15.5. The Hall–Kier alpha value is -1.03. The van der Waals surface area contributed by atoms with Crippen LogP contribution in [0.15, 0.2) is 47.4 Å². The largest absolute Gasteiger partial charge is 0.317 e. The molecule has 1 fully saturated rings. The van der Waals surface area contributed by atoms with Gasteiger partial charge in [0.2, 0.25) is 0 Å². The number of hydrogen-bond acceptors (Lipinski definition) is 3. The summed E-state index contributed by atoms with van der Waals surface area (Å²) in [5.41, 5.74) is 0. The van der Waals surface area contributed by atoms with Crippen molar-refractivity contribution in [2.24, 2.45) is 5.92 Å². The minimum Gasteiger partial charge on any atom is -0.317 e. The summed E-state index contributed by atoms with van der Waals surface area (Å²) in [5.74, 6) is 0.828. The Morgan fingerprint density at radius 1 is 1.05 bits per heavy atom. The zero-order chi connectivity index (χ0) is 14.9. The topological polar surface area (TPSA) is 24.1 Å². The van der Waals surface area contributed by atoms with E-state index in [1.54, 1.807) is 11.9 Å². The molecule has 0 atom stereocenters. The van der Waals surface area contributed by atoms with Crippen LogP contribution < -0.4 is 10.0 Å². The van der Waals surface area contributed by atoms with Crippen molar-refractivity contribution in [3.05, 3.63) is 42.5 Å². The molecule has 1 heterocycles. The van der Waals surface area contributed by atoms with Gasteiger partial charge in [0.15, 0.2) is 0 Å². The lowest BCUT2D eigenvalue weighted by Gasteiger charge is -2.22. The maximum Gasteiger partial charge on any atom is 0.0234 e. The van der Waals surface area contributed by atoms with Crippen LogP contribution in [0, 0.1) is 5.92 Å². The summed E-state index contributed by atoms with van der Waals surface area (Å²) in [4.78, 5) is 1.30. The first-order valence-corrected chi connectivity index (χ1v) is 8.83. The molecule has 114 valence electrons. The van der Waals surface area contributed by atoms with Gasteiger partial charge in [-0.05, 0) is 66.7 Å². The van der Waals surface area contributed by atoms with Crippen LogP contribution in [0.3, 0.4) is 0 Å². The predicted octanol–water partition coefficient (Wildman–Crippen LogP) is 4.46. The highest BCUT2D eigenvalue weighted by Crippen LogP contribution is 2.22. The fraction of sp³-hybridized carbons (Fsp3) is 0.444. The van der Waals surface area contributed by atoms with E-state index in [-0.39, 0.29) is 0 Å². The van der Waals surface area contributed by atoms with Crippen LogP contribution in [0.1, 0.15) is 26.7 Å². The first-order chi connectivity index (χ1) is 10.4. The number of fused-ring (bicyclic) bond motifs is 1. The third kappa shape index (κ3) is 5.03. The number of benzene rings is 2. The lowest BCUT2D eigenvalue weighted by atomic mass is 9.99. The standard InChI is InChI=1S/C16H20N2S.C2H6/c1-2-4-15-11-16(6-5-14(15)3-1)19-18-12-13-7-9-17-10-8-13;1-2/h1-6,11,13,17-18H,7-10,12H2;1-2H3. The maximum absolute atomic E-state index is 3.52. The zero-order valence-electron chi connectivity index (χ0n) is 13.1. The van der Waals surface area contributed by atoms with Gasteiger partial charge >= 0.3 is 0 Å². The highest BCUT2D eigenvalue weighted by molar-refractivity contribution is 7.97. The van der Waals surface area contributed by atoms with Gasteiger partial charge in [-0.3, -0.25) is 4.72 Å². The van der Waals surface area contributed by atoms with Gasteiger partial charge in [-0.1, -0.05) is 44.2 Å². The first-order valence-electron chi connectivity index (χ1n) is 8.01. The molecule has 0 saturated carbocycles. The molecule has 1 saturated heterocycles. The van der Waals surface area contributed by atoms with E-state index in [2.05, 4.69) is 52.5 Å². The molecule has 0 radical (unpaired) electrons. The van der Waals surface area contributed by atoms with Crippen LogP contribution in [-0.2, 0) is 0 Å². The molecule has 2 aromatic carbocycles. The number of nitrogens with one attached hydrogen (secondary N) is 2. The summed E-state index contributed by atoms with van der Waals surface area (Å²) < 4.78 is 3.52. The SMILES string of the molecule is CC.c1ccc2cc(SNCC3CCNCC3)ccc2c1. The Balaban J connectivity index is 0.000000774. The summed E-state index contributed by atoms with van der Waals surface area (Å²) in [6.45, 7) is 7.46. The predicted molar refractivity (Wildman–Crippen MR) is 94.7 cm³/mol. The van der Waals surface area contributed by atoms with Crippen molar-refractivity contribution in [3.8, 4) is 0 Å². The molecular weight excluding hydrogens is 276 g/mol. The Morgan fingerprint density at radius 3 is 2.52 bits per heavy atom. The third-order valence-electron chi connectivity index (χ3n) is 3.74. The molecule has 2 aromatic rings. The Kier molecular flexibility index (Phi) is 7.07. The van der Waals surface area contributed by atoms with Crippen LogP contribution in [0.5, 0.6) is 0 Å². The number of rotatable bonds is 4. The van der Waals surface area contributed by atoms with E-state index in [1.807, 2.05) is 13.8 Å². The van der Waals surface area contributed by atoms with Gasteiger partial charge in [0.25, 0.3) is 0 Å². The molecule has 3 heteroatoms. The van der Waals surface area contributed by atoms with Gasteiger partial charge in [-0.15, -0.1) is 0 Å². The van der Waals surface area contributed by atoms with Crippen LogP contribution >= 0.6 is 11.9 Å². The molecule has 2 N–H and O–H groups in total. The van der Waals surface area contributed by atoms with Gasteiger partial charge in [0.1, 0.15) is 0 Å². The number of piperidine rings is 1. The summed E-state index contributed by atoms with van der Waals surface area (Å²) in [6, 6.07) is 15.2. The van der Waals surface area contributed by atoms with Crippen molar-refractivity contribution in [3.63, 3.8) is 0 Å². The highest BCUT2D eigenvalue weighted by atomic mass is 32.2. The van der Waals surface area contributed by atoms with Crippen molar-refractivity contribution in [2.75, 3.05) is 19.6 Å². The summed E-state index contributed by atoms with van der Waals surface area (Å²) in [6.07, 6.45) is 2.59. The van der Waals surface area contributed by atoms with Gasteiger partial charge in [0, 0.05) is 11.4 Å². The Morgan fingerprint density at radius 2 is 1.76 bits per heavy atom. The molecule has 0 bridgehead atoms. The smallest absolute Gasteiger partial charge is 0.0234 e. The van der Waals surface area contributed by atoms with E-state index in [0.717, 1.165) is 12.5 Å². The molecular formula is C18H26N2S. The Labute approximate surface area is 132 Å². The molecule has 1 aliphatic heterocycles. The van der Waals surface area contributed by atoms with E-state index < -0.39 is 0 Å². The van der Waals surface area contributed by atoms with Gasteiger partial charge in [-0.2, -0.15) is 0 Å². The average Bonchev–Trinajstić information content (AvgIpc) is 2.58. The fourth-order valence-corrected chi connectivity index (χ4v) is 3.37. The summed E-state index contributed by atoms with van der Waals surface area (Å²) >= 11 is 1.76. The average molecular weight is 302 g/mol. The van der Waals surface area contributed by atoms with E-state index in [0.29, 0.717) is 0 Å². The molecule has 0 amide bonds. The molecule has 0 aliphatic carbocycles. The molecule has 2 nitrogen and oxygen atoms in total. The van der Waals surface area contributed by atoms with Gasteiger partial charge in [-0.25, -0.2) is 0 Å². The zero-order valence-corrected chi connectivity index (χ0v) is 13.9. The fourth-order valence-electron chi connectivity index (χ4n) is 2.56. The van der Waals surface area contributed by atoms with Gasteiger partial charge in [0.05, 0.1) is 0 Å². The second-order valence-corrected chi connectivity index (χ2v) is 6.12. The molecule has 21 heavy (non-hydrogen) atoms. The monoisotopic (exact) mass is 302 g/mol. The second-order valence-electron chi connectivity index (χ2n) is 5.15. The van der Waals surface area contributed by atoms with E-state index in [1.165, 1.54) is 41.6 Å². The summed E-state index contributed by atoms with van der Waals surface area (Å²) in [5, 5.41) is 6.03. The number of hydrogen-bond donors (Lipinski definition) is 2. The molecule has 0 aromatic heterocycles. The van der Waals surface area contributed by atoms with Crippen molar-refractivity contribution in [2.45, 2.75) is 31.6 Å². The van der Waals surface area contributed by atoms with Crippen LogP contribution in [-0.4, -0.2) is 19.6 Å².